The van der Waals surface area contributed by atoms with Gasteiger partial charge in [-0.3, -0.25) is 0 Å². The maximum Gasteiger partial charge on any atom is 0.162 e. The topological polar surface area (TPSA) is 38.8 Å². The second-order valence-corrected chi connectivity index (χ2v) is 2.18. The molecule has 0 spiro atoms. The maximum absolute atomic E-state index is 3.86. The summed E-state index contributed by atoms with van der Waals surface area (Å²) in [5.74, 6) is 1.68. The lowest BCUT2D eigenvalue weighted by atomic mass is 10.7. The molecule has 1 heterocycles. The Morgan fingerprint density at radius 1 is 1.75 bits per heavy atom. The van der Waals surface area contributed by atoms with Crippen molar-refractivity contribution in [2.75, 3.05) is 12.0 Å². The van der Waals surface area contributed by atoms with E-state index in [1.807, 2.05) is 6.26 Å². The Morgan fingerprint density at radius 2 is 2.62 bits per heavy atom. The smallest absolute Gasteiger partial charge is 0.162 e. The first-order chi connectivity index (χ1) is 3.93. The molecule has 0 aromatic carbocycles. The third-order valence-electron chi connectivity index (χ3n) is 0.705. The van der Waals surface area contributed by atoms with Crippen LogP contribution in [0.2, 0.25) is 0 Å². The average Bonchev–Trinajstić information content (AvgIpc) is 2.19. The number of nitrogens with zero attached hydrogens (tertiary/aromatic N) is 3. The summed E-state index contributed by atoms with van der Waals surface area (Å²) in [6.07, 6.45) is 3.47. The summed E-state index contributed by atoms with van der Waals surface area (Å²) >= 11 is 1.69. The molecule has 1 radical (unpaired) electrons. The summed E-state index contributed by atoms with van der Waals surface area (Å²) in [7, 11) is 0. The summed E-state index contributed by atoms with van der Waals surface area (Å²) in [6, 6.07) is 0. The summed E-state index contributed by atoms with van der Waals surface area (Å²) < 4.78 is 0. The van der Waals surface area contributed by atoms with Crippen LogP contribution >= 0.6 is 11.8 Å². The molecule has 1 aliphatic heterocycles. The van der Waals surface area contributed by atoms with E-state index in [0.717, 1.165) is 11.6 Å². The maximum atomic E-state index is 3.86. The standard InChI is InChI=1S/C4H6N3S/c1-8-2-4-5-3-6-7-4/h3H,2H2,1H3. The highest BCUT2D eigenvalue weighted by molar-refractivity contribution is 7.99. The van der Waals surface area contributed by atoms with Gasteiger partial charge in [0.25, 0.3) is 0 Å². The van der Waals surface area contributed by atoms with E-state index in [2.05, 4.69) is 15.5 Å². The van der Waals surface area contributed by atoms with Gasteiger partial charge in [-0.25, -0.2) is 4.99 Å². The van der Waals surface area contributed by atoms with Gasteiger partial charge in [0.15, 0.2) is 5.84 Å². The fourth-order valence-electron chi connectivity index (χ4n) is 0.406. The van der Waals surface area contributed by atoms with Crippen LogP contribution in [-0.2, 0) is 0 Å². The second kappa shape index (κ2) is 2.71. The van der Waals surface area contributed by atoms with Crippen LogP contribution in [-0.4, -0.2) is 24.2 Å². The van der Waals surface area contributed by atoms with Crippen LogP contribution in [0, 0.1) is 0 Å². The molecular formula is C4H6N3S. The van der Waals surface area contributed by atoms with E-state index in [-0.39, 0.29) is 0 Å². The lowest BCUT2D eigenvalue weighted by Gasteiger charge is -1.85. The number of aliphatic imine (C=N–C) groups is 1. The lowest BCUT2D eigenvalue weighted by Crippen LogP contribution is -1.92. The zero-order chi connectivity index (χ0) is 5.82. The molecule has 0 saturated heterocycles. The highest BCUT2D eigenvalue weighted by Gasteiger charge is 1.98. The minimum Gasteiger partial charge on any atom is -0.217 e. The van der Waals surface area contributed by atoms with Gasteiger partial charge in [0.05, 0.1) is 5.75 Å². The third kappa shape index (κ3) is 1.23. The van der Waals surface area contributed by atoms with Gasteiger partial charge < -0.3 is 0 Å². The largest absolute Gasteiger partial charge is 0.217 e. The Morgan fingerprint density at radius 3 is 3.12 bits per heavy atom. The molecule has 4 heteroatoms. The van der Waals surface area contributed by atoms with Crippen molar-refractivity contribution in [1.82, 2.24) is 5.43 Å². The first kappa shape index (κ1) is 5.62. The Hall–Kier alpha value is -0.510. The number of amidine groups is 1. The molecule has 0 saturated carbocycles. The normalized spacial score (nSPS) is 15.9. The third-order valence-corrected chi connectivity index (χ3v) is 1.25. The molecule has 0 aromatic rings. The van der Waals surface area contributed by atoms with Crippen molar-refractivity contribution in [2.24, 2.45) is 10.1 Å². The van der Waals surface area contributed by atoms with Crippen molar-refractivity contribution in [3.8, 4) is 0 Å². The zero-order valence-electron chi connectivity index (χ0n) is 4.53. The average molecular weight is 128 g/mol. The van der Waals surface area contributed by atoms with Gasteiger partial charge in [-0.2, -0.15) is 11.8 Å². The number of rotatable bonds is 2. The van der Waals surface area contributed by atoms with E-state index in [4.69, 9.17) is 0 Å². The second-order valence-electron chi connectivity index (χ2n) is 1.31. The van der Waals surface area contributed by atoms with Crippen LogP contribution in [0.15, 0.2) is 10.1 Å². The molecule has 43 valence electrons. The van der Waals surface area contributed by atoms with Gasteiger partial charge in [-0.1, -0.05) is 0 Å². The Kier molecular flexibility index (Phi) is 1.91. The predicted molar refractivity (Wildman–Crippen MR) is 36.4 cm³/mol. The molecule has 0 N–H and O–H groups in total. The fraction of sp³-hybridized carbons (Fsp3) is 0.500. The van der Waals surface area contributed by atoms with Crippen molar-refractivity contribution in [1.29, 1.82) is 0 Å². The fourth-order valence-corrected chi connectivity index (χ4v) is 0.796. The van der Waals surface area contributed by atoms with Gasteiger partial charge in [0.1, 0.15) is 6.34 Å². The molecule has 0 aromatic heterocycles. The van der Waals surface area contributed by atoms with Crippen LogP contribution in [0.1, 0.15) is 0 Å². The van der Waals surface area contributed by atoms with Crippen molar-refractivity contribution >= 4 is 23.9 Å². The highest BCUT2D eigenvalue weighted by Crippen LogP contribution is 1.96. The van der Waals surface area contributed by atoms with Gasteiger partial charge >= 0.3 is 0 Å². The van der Waals surface area contributed by atoms with E-state index in [9.17, 15) is 0 Å². The summed E-state index contributed by atoms with van der Waals surface area (Å²) in [6.45, 7) is 0. The minimum atomic E-state index is 0.817. The minimum absolute atomic E-state index is 0.817. The van der Waals surface area contributed by atoms with E-state index in [1.54, 1.807) is 11.8 Å². The van der Waals surface area contributed by atoms with Crippen molar-refractivity contribution in [3.05, 3.63) is 0 Å². The monoisotopic (exact) mass is 128 g/mol. The van der Waals surface area contributed by atoms with Crippen LogP contribution < -0.4 is 5.43 Å². The van der Waals surface area contributed by atoms with Crippen molar-refractivity contribution in [2.45, 2.75) is 0 Å². The van der Waals surface area contributed by atoms with E-state index >= 15 is 0 Å². The zero-order valence-corrected chi connectivity index (χ0v) is 5.35. The molecule has 0 fully saturated rings. The molecule has 8 heavy (non-hydrogen) atoms. The van der Waals surface area contributed by atoms with Gasteiger partial charge in [0.2, 0.25) is 0 Å². The van der Waals surface area contributed by atoms with E-state index in [0.29, 0.717) is 0 Å². The Balaban J connectivity index is 2.34. The quantitative estimate of drug-likeness (QED) is 0.527. The van der Waals surface area contributed by atoms with E-state index < -0.39 is 0 Å². The Labute approximate surface area is 52.3 Å². The van der Waals surface area contributed by atoms with Crippen LogP contribution in [0.3, 0.4) is 0 Å². The first-order valence-corrected chi connectivity index (χ1v) is 3.61. The molecular weight excluding hydrogens is 122 g/mol. The SMILES string of the molecule is CSCC1=N[N]C=N1. The molecule has 1 aliphatic rings. The lowest BCUT2D eigenvalue weighted by molar-refractivity contribution is 1.06. The number of hydrogen-bond acceptors (Lipinski definition) is 3. The molecule has 3 nitrogen and oxygen atoms in total. The van der Waals surface area contributed by atoms with Crippen molar-refractivity contribution < 1.29 is 0 Å². The Bertz CT molecular complexity index is 129. The van der Waals surface area contributed by atoms with Crippen molar-refractivity contribution in [3.63, 3.8) is 0 Å². The van der Waals surface area contributed by atoms with Crippen LogP contribution in [0.5, 0.6) is 0 Å². The molecule has 0 unspecified atom stereocenters. The van der Waals surface area contributed by atoms with Gasteiger partial charge in [-0.15, -0.1) is 10.5 Å². The molecule has 0 amide bonds. The van der Waals surface area contributed by atoms with Crippen LogP contribution in [0.4, 0.5) is 0 Å². The number of hydrogen-bond donors (Lipinski definition) is 0. The number of thioether (sulfide) groups is 1. The van der Waals surface area contributed by atoms with E-state index in [1.165, 1.54) is 6.34 Å². The first-order valence-electron chi connectivity index (χ1n) is 2.21. The van der Waals surface area contributed by atoms with Crippen LogP contribution in [0.25, 0.3) is 0 Å². The molecule has 0 aliphatic carbocycles. The summed E-state index contributed by atoms with van der Waals surface area (Å²) in [5.41, 5.74) is 3.57. The summed E-state index contributed by atoms with van der Waals surface area (Å²) in [5, 5.41) is 3.72. The predicted octanol–water partition coefficient (Wildman–Crippen LogP) is 0.309. The van der Waals surface area contributed by atoms with Gasteiger partial charge in [-0.05, 0) is 6.26 Å². The molecule has 0 atom stereocenters. The molecule has 0 bridgehead atoms. The molecule has 1 rings (SSSR count). The summed E-state index contributed by atoms with van der Waals surface area (Å²) in [4.78, 5) is 3.86. The highest BCUT2D eigenvalue weighted by atomic mass is 32.2. The van der Waals surface area contributed by atoms with Gasteiger partial charge in [0, 0.05) is 0 Å².